The maximum atomic E-state index is 11.7. The number of carbonyl (C=O) groups excluding carboxylic acids is 1. The van der Waals surface area contributed by atoms with Gasteiger partial charge in [0, 0.05) is 25.8 Å². The molecule has 0 aromatic rings. The summed E-state index contributed by atoms with van der Waals surface area (Å²) in [4.78, 5) is 13.6. The molecule has 0 bridgehead atoms. The minimum Gasteiger partial charge on any atom is -0.381 e. The summed E-state index contributed by atoms with van der Waals surface area (Å²) in [6, 6.07) is 0.322. The maximum Gasteiger partial charge on any atom is 0.240 e. The molecule has 1 heterocycles. The van der Waals surface area contributed by atoms with Crippen LogP contribution in [0.5, 0.6) is 0 Å². The molecule has 3 nitrogen and oxygen atoms in total. The zero-order valence-corrected chi connectivity index (χ0v) is 9.59. The highest BCUT2D eigenvalue weighted by Crippen LogP contribution is 2.16. The van der Waals surface area contributed by atoms with Crippen molar-refractivity contribution in [1.82, 2.24) is 4.90 Å². The van der Waals surface area contributed by atoms with E-state index in [0.29, 0.717) is 6.04 Å². The molecule has 0 aliphatic carbocycles. The lowest BCUT2D eigenvalue weighted by Crippen LogP contribution is -2.45. The lowest BCUT2D eigenvalue weighted by Gasteiger charge is -2.34. The smallest absolute Gasteiger partial charge is 0.240 e. The average Bonchev–Trinajstić information content (AvgIpc) is 2.20. The van der Waals surface area contributed by atoms with Gasteiger partial charge in [-0.2, -0.15) is 0 Å². The summed E-state index contributed by atoms with van der Waals surface area (Å²) in [5, 5.41) is -0.419. The van der Waals surface area contributed by atoms with Gasteiger partial charge in [-0.05, 0) is 26.7 Å². The minimum absolute atomic E-state index is 0.0427. The standard InChI is InChI=1S/C10H18ClNO2/c1-3-12(10(13)8(2)11)9-4-6-14-7-5-9/h8-9H,3-7H2,1-2H3/t8-/m0/s1. The molecule has 0 spiro atoms. The van der Waals surface area contributed by atoms with E-state index in [2.05, 4.69) is 0 Å². The van der Waals surface area contributed by atoms with Crippen molar-refractivity contribution in [3.05, 3.63) is 0 Å². The van der Waals surface area contributed by atoms with E-state index in [1.165, 1.54) is 0 Å². The Bertz CT molecular complexity index is 191. The van der Waals surface area contributed by atoms with Crippen LogP contribution in [0, 0.1) is 0 Å². The highest BCUT2D eigenvalue weighted by molar-refractivity contribution is 6.30. The van der Waals surface area contributed by atoms with Crippen molar-refractivity contribution < 1.29 is 9.53 Å². The van der Waals surface area contributed by atoms with E-state index in [9.17, 15) is 4.79 Å². The Hall–Kier alpha value is -0.280. The van der Waals surface area contributed by atoms with Gasteiger partial charge in [0.25, 0.3) is 0 Å². The number of nitrogens with zero attached hydrogens (tertiary/aromatic N) is 1. The van der Waals surface area contributed by atoms with Crippen LogP contribution in [0.25, 0.3) is 0 Å². The maximum absolute atomic E-state index is 11.7. The third-order valence-corrected chi connectivity index (χ3v) is 2.78. The number of hydrogen-bond acceptors (Lipinski definition) is 2. The molecule has 0 aromatic carbocycles. The van der Waals surface area contributed by atoms with Crippen molar-refractivity contribution in [3.63, 3.8) is 0 Å². The van der Waals surface area contributed by atoms with E-state index >= 15 is 0 Å². The second kappa shape index (κ2) is 5.56. The molecule has 4 heteroatoms. The molecule has 0 N–H and O–H groups in total. The van der Waals surface area contributed by atoms with Gasteiger partial charge in [0.15, 0.2) is 0 Å². The van der Waals surface area contributed by atoms with Crippen LogP contribution in [0.4, 0.5) is 0 Å². The molecule has 1 rings (SSSR count). The topological polar surface area (TPSA) is 29.5 Å². The zero-order valence-electron chi connectivity index (χ0n) is 8.83. The summed E-state index contributed by atoms with van der Waals surface area (Å²) >= 11 is 5.80. The quantitative estimate of drug-likeness (QED) is 0.676. The van der Waals surface area contributed by atoms with Crippen molar-refractivity contribution in [2.24, 2.45) is 0 Å². The first-order valence-corrected chi connectivity index (χ1v) is 5.62. The molecule has 1 saturated heterocycles. The molecule has 82 valence electrons. The van der Waals surface area contributed by atoms with Crippen LogP contribution in [0.2, 0.25) is 0 Å². The van der Waals surface area contributed by atoms with Crippen LogP contribution >= 0.6 is 11.6 Å². The molecule has 0 aromatic heterocycles. The lowest BCUT2D eigenvalue weighted by atomic mass is 10.1. The molecule has 1 amide bonds. The lowest BCUT2D eigenvalue weighted by molar-refractivity contribution is -0.134. The summed E-state index contributed by atoms with van der Waals surface area (Å²) in [5.41, 5.74) is 0. The van der Waals surface area contributed by atoms with Gasteiger partial charge in [-0.25, -0.2) is 0 Å². The van der Waals surface area contributed by atoms with E-state index in [4.69, 9.17) is 16.3 Å². The number of carbonyl (C=O) groups is 1. The molecular weight excluding hydrogens is 202 g/mol. The molecule has 1 aliphatic rings. The van der Waals surface area contributed by atoms with E-state index in [1.807, 2.05) is 11.8 Å². The van der Waals surface area contributed by atoms with Crippen molar-refractivity contribution in [2.45, 2.75) is 38.1 Å². The first-order chi connectivity index (χ1) is 6.66. The summed E-state index contributed by atoms with van der Waals surface area (Å²) < 4.78 is 5.26. The number of alkyl halides is 1. The van der Waals surface area contributed by atoms with Crippen LogP contribution in [0.15, 0.2) is 0 Å². The number of halogens is 1. The van der Waals surface area contributed by atoms with Crippen LogP contribution in [-0.4, -0.2) is 42.0 Å². The molecular formula is C10H18ClNO2. The Kier molecular flexibility index (Phi) is 4.69. The predicted molar refractivity (Wildman–Crippen MR) is 56.5 cm³/mol. The largest absolute Gasteiger partial charge is 0.381 e. The van der Waals surface area contributed by atoms with Crippen molar-refractivity contribution >= 4 is 17.5 Å². The number of ether oxygens (including phenoxy) is 1. The fourth-order valence-electron chi connectivity index (χ4n) is 1.82. The van der Waals surface area contributed by atoms with E-state index < -0.39 is 5.38 Å². The highest BCUT2D eigenvalue weighted by atomic mass is 35.5. The molecule has 1 fully saturated rings. The first kappa shape index (κ1) is 11.8. The Morgan fingerprint density at radius 1 is 1.57 bits per heavy atom. The zero-order chi connectivity index (χ0) is 10.6. The Morgan fingerprint density at radius 2 is 2.14 bits per heavy atom. The minimum atomic E-state index is -0.419. The molecule has 1 aliphatic heterocycles. The third-order valence-electron chi connectivity index (χ3n) is 2.60. The van der Waals surface area contributed by atoms with Gasteiger partial charge < -0.3 is 9.64 Å². The highest BCUT2D eigenvalue weighted by Gasteiger charge is 2.26. The molecule has 0 radical (unpaired) electrons. The van der Waals surface area contributed by atoms with E-state index in [1.54, 1.807) is 6.92 Å². The fraction of sp³-hybridized carbons (Fsp3) is 0.900. The van der Waals surface area contributed by atoms with Gasteiger partial charge in [-0.15, -0.1) is 11.6 Å². The normalized spacial score (nSPS) is 20.5. The third kappa shape index (κ3) is 2.85. The summed E-state index contributed by atoms with van der Waals surface area (Å²) in [7, 11) is 0. The van der Waals surface area contributed by atoms with Crippen LogP contribution in [-0.2, 0) is 9.53 Å². The molecule has 1 atom stereocenters. The van der Waals surface area contributed by atoms with Crippen molar-refractivity contribution in [2.75, 3.05) is 19.8 Å². The van der Waals surface area contributed by atoms with Gasteiger partial charge in [-0.1, -0.05) is 0 Å². The molecule has 0 unspecified atom stereocenters. The number of hydrogen-bond donors (Lipinski definition) is 0. The number of rotatable bonds is 3. The Balaban J connectivity index is 2.55. The average molecular weight is 220 g/mol. The van der Waals surface area contributed by atoms with Gasteiger partial charge >= 0.3 is 0 Å². The second-order valence-electron chi connectivity index (χ2n) is 3.58. The SMILES string of the molecule is CCN(C(=O)[C@H](C)Cl)C1CCOCC1. The molecule has 0 saturated carbocycles. The van der Waals surface area contributed by atoms with E-state index in [0.717, 1.165) is 32.6 Å². The van der Waals surface area contributed by atoms with Crippen LogP contribution in [0.3, 0.4) is 0 Å². The summed E-state index contributed by atoms with van der Waals surface area (Å²) in [5.74, 6) is 0.0427. The van der Waals surface area contributed by atoms with Gasteiger partial charge in [0.1, 0.15) is 5.38 Å². The van der Waals surface area contributed by atoms with Crippen molar-refractivity contribution in [3.8, 4) is 0 Å². The fourth-order valence-corrected chi connectivity index (χ4v) is 1.94. The summed E-state index contributed by atoms with van der Waals surface area (Å²) in [6.07, 6.45) is 1.87. The monoisotopic (exact) mass is 219 g/mol. The number of amides is 1. The first-order valence-electron chi connectivity index (χ1n) is 5.19. The second-order valence-corrected chi connectivity index (χ2v) is 4.24. The van der Waals surface area contributed by atoms with Gasteiger partial charge in [0.2, 0.25) is 5.91 Å². The Labute approximate surface area is 90.4 Å². The van der Waals surface area contributed by atoms with Crippen LogP contribution < -0.4 is 0 Å². The predicted octanol–water partition coefficient (Wildman–Crippen LogP) is 1.64. The molecule has 14 heavy (non-hydrogen) atoms. The Morgan fingerprint density at radius 3 is 2.57 bits per heavy atom. The summed E-state index contributed by atoms with van der Waals surface area (Å²) in [6.45, 7) is 5.97. The van der Waals surface area contributed by atoms with Gasteiger partial charge in [0.05, 0.1) is 0 Å². The van der Waals surface area contributed by atoms with Crippen molar-refractivity contribution in [1.29, 1.82) is 0 Å². The van der Waals surface area contributed by atoms with Gasteiger partial charge in [-0.3, -0.25) is 4.79 Å². The van der Waals surface area contributed by atoms with Crippen LogP contribution in [0.1, 0.15) is 26.7 Å². The van der Waals surface area contributed by atoms with E-state index in [-0.39, 0.29) is 5.91 Å².